The molecule has 2 amide bonds. The van der Waals surface area contributed by atoms with Crippen LogP contribution in [0.5, 0.6) is 11.5 Å². The third kappa shape index (κ3) is 7.88. The highest BCUT2D eigenvalue weighted by Gasteiger charge is 2.09. The predicted octanol–water partition coefficient (Wildman–Crippen LogP) is 4.79. The lowest BCUT2D eigenvalue weighted by Crippen LogP contribution is -2.22. The molecule has 33 heavy (non-hydrogen) atoms. The number of hydrogen-bond donors (Lipinski definition) is 3. The highest BCUT2D eigenvalue weighted by molar-refractivity contribution is 5.96. The lowest BCUT2D eigenvalue weighted by molar-refractivity contribution is -0.119. The van der Waals surface area contributed by atoms with Gasteiger partial charge in [0, 0.05) is 17.3 Å². The molecule has 0 spiro atoms. The van der Waals surface area contributed by atoms with Crippen LogP contribution >= 0.6 is 0 Å². The number of amides is 2. The molecule has 0 unspecified atom stereocenters. The summed E-state index contributed by atoms with van der Waals surface area (Å²) in [5.74, 6) is 1.01. The van der Waals surface area contributed by atoms with E-state index in [9.17, 15) is 9.59 Å². The van der Waals surface area contributed by atoms with E-state index in [2.05, 4.69) is 16.0 Å². The molecule has 172 valence electrons. The highest BCUT2D eigenvalue weighted by atomic mass is 16.5. The Morgan fingerprint density at radius 1 is 0.788 bits per heavy atom. The van der Waals surface area contributed by atoms with Gasteiger partial charge < -0.3 is 25.4 Å². The second-order valence-corrected chi connectivity index (χ2v) is 7.63. The van der Waals surface area contributed by atoms with Crippen LogP contribution in [0.15, 0.2) is 78.9 Å². The molecule has 0 aliphatic heterocycles. The van der Waals surface area contributed by atoms with Gasteiger partial charge in [-0.3, -0.25) is 9.59 Å². The summed E-state index contributed by atoms with van der Waals surface area (Å²) in [4.78, 5) is 24.3. The molecule has 3 rings (SSSR count). The van der Waals surface area contributed by atoms with E-state index in [1.165, 1.54) is 0 Å². The van der Waals surface area contributed by atoms with Crippen LogP contribution in [0.3, 0.4) is 0 Å². The van der Waals surface area contributed by atoms with E-state index >= 15 is 0 Å². The molecular weight excluding hydrogens is 418 g/mol. The van der Waals surface area contributed by atoms with Crippen LogP contribution in [0.4, 0.5) is 17.1 Å². The number of hydrogen-bond acceptors (Lipinski definition) is 5. The Kier molecular flexibility index (Phi) is 8.71. The zero-order chi connectivity index (χ0) is 23.5. The van der Waals surface area contributed by atoms with E-state index in [1.54, 1.807) is 24.3 Å². The highest BCUT2D eigenvalue weighted by Crippen LogP contribution is 2.23. The molecule has 0 radical (unpaired) electrons. The van der Waals surface area contributed by atoms with Crippen molar-refractivity contribution in [2.24, 2.45) is 5.92 Å². The van der Waals surface area contributed by atoms with E-state index in [1.807, 2.05) is 68.4 Å². The van der Waals surface area contributed by atoms with Crippen LogP contribution in [-0.2, 0) is 9.59 Å². The van der Waals surface area contributed by atoms with Gasteiger partial charge >= 0.3 is 0 Å². The minimum absolute atomic E-state index is 0.0590. The van der Waals surface area contributed by atoms with Crippen molar-refractivity contribution in [3.05, 3.63) is 78.9 Å². The summed E-state index contributed by atoms with van der Waals surface area (Å²) in [7, 11) is 0. The minimum Gasteiger partial charge on any atom is -0.490 e. The number of carbonyl (C=O) groups excluding carboxylic acids is 2. The SMILES string of the molecule is CC(C)C(=O)Nc1cccc(NC(=O)CNc2ccccc2OCCOc2ccccc2)c1. The number of ether oxygens (including phenoxy) is 2. The first-order valence-electron chi connectivity index (χ1n) is 10.9. The quantitative estimate of drug-likeness (QED) is 0.368. The molecule has 0 bridgehead atoms. The molecule has 7 heteroatoms. The number of rotatable bonds is 11. The fourth-order valence-electron chi connectivity index (χ4n) is 2.91. The Morgan fingerprint density at radius 3 is 2.21 bits per heavy atom. The smallest absolute Gasteiger partial charge is 0.243 e. The van der Waals surface area contributed by atoms with Crippen LogP contribution in [0.1, 0.15) is 13.8 Å². The summed E-state index contributed by atoms with van der Waals surface area (Å²) in [6.45, 7) is 4.48. The molecule has 0 aliphatic carbocycles. The fourth-order valence-corrected chi connectivity index (χ4v) is 2.91. The molecule has 0 fully saturated rings. The van der Waals surface area contributed by atoms with Crippen LogP contribution in [-0.4, -0.2) is 31.6 Å². The average Bonchev–Trinajstić information content (AvgIpc) is 2.82. The van der Waals surface area contributed by atoms with Crippen molar-refractivity contribution in [3.8, 4) is 11.5 Å². The number of anilines is 3. The van der Waals surface area contributed by atoms with Crippen molar-refractivity contribution in [2.75, 3.05) is 35.7 Å². The van der Waals surface area contributed by atoms with Gasteiger partial charge in [-0.25, -0.2) is 0 Å². The predicted molar refractivity (Wildman–Crippen MR) is 131 cm³/mol. The van der Waals surface area contributed by atoms with Crippen molar-refractivity contribution in [3.63, 3.8) is 0 Å². The normalized spacial score (nSPS) is 10.4. The van der Waals surface area contributed by atoms with Gasteiger partial charge in [0.15, 0.2) is 0 Å². The van der Waals surface area contributed by atoms with Crippen LogP contribution in [0.2, 0.25) is 0 Å². The topological polar surface area (TPSA) is 88.7 Å². The van der Waals surface area contributed by atoms with Gasteiger partial charge in [-0.05, 0) is 42.5 Å². The van der Waals surface area contributed by atoms with Gasteiger partial charge in [-0.15, -0.1) is 0 Å². The van der Waals surface area contributed by atoms with Crippen LogP contribution in [0.25, 0.3) is 0 Å². The van der Waals surface area contributed by atoms with Crippen molar-refractivity contribution in [2.45, 2.75) is 13.8 Å². The Morgan fingerprint density at radius 2 is 1.45 bits per heavy atom. The molecule has 0 heterocycles. The zero-order valence-corrected chi connectivity index (χ0v) is 18.8. The monoisotopic (exact) mass is 447 g/mol. The molecule has 0 aromatic heterocycles. The fraction of sp³-hybridized carbons (Fsp3) is 0.231. The first-order valence-corrected chi connectivity index (χ1v) is 10.9. The summed E-state index contributed by atoms with van der Waals surface area (Å²) in [6.07, 6.45) is 0. The third-order valence-corrected chi connectivity index (χ3v) is 4.62. The van der Waals surface area contributed by atoms with Crippen LogP contribution in [0, 0.1) is 5.92 Å². The van der Waals surface area contributed by atoms with E-state index in [4.69, 9.17) is 9.47 Å². The molecule has 3 aromatic carbocycles. The maximum atomic E-state index is 12.4. The van der Waals surface area contributed by atoms with Gasteiger partial charge in [0.1, 0.15) is 24.7 Å². The summed E-state index contributed by atoms with van der Waals surface area (Å²) in [5.41, 5.74) is 1.95. The van der Waals surface area contributed by atoms with E-state index in [0.717, 1.165) is 5.75 Å². The van der Waals surface area contributed by atoms with E-state index < -0.39 is 0 Å². The number of benzene rings is 3. The molecular formula is C26H29N3O4. The van der Waals surface area contributed by atoms with Gasteiger partial charge in [0.05, 0.1) is 12.2 Å². The molecule has 0 saturated heterocycles. The summed E-state index contributed by atoms with van der Waals surface area (Å²) in [6, 6.07) is 24.0. The summed E-state index contributed by atoms with van der Waals surface area (Å²) < 4.78 is 11.5. The maximum absolute atomic E-state index is 12.4. The van der Waals surface area contributed by atoms with Crippen molar-refractivity contribution in [1.82, 2.24) is 0 Å². The minimum atomic E-state index is -0.218. The first kappa shape index (κ1) is 23.7. The van der Waals surface area contributed by atoms with Gasteiger partial charge in [-0.2, -0.15) is 0 Å². The first-order chi connectivity index (χ1) is 16.0. The van der Waals surface area contributed by atoms with E-state index in [0.29, 0.717) is 36.0 Å². The van der Waals surface area contributed by atoms with Crippen molar-refractivity contribution >= 4 is 28.9 Å². The number of nitrogens with one attached hydrogen (secondary N) is 3. The van der Waals surface area contributed by atoms with Crippen molar-refractivity contribution in [1.29, 1.82) is 0 Å². The summed E-state index contributed by atoms with van der Waals surface area (Å²) in [5, 5.41) is 8.76. The molecule has 0 atom stereocenters. The van der Waals surface area contributed by atoms with Gasteiger partial charge in [0.2, 0.25) is 11.8 Å². The third-order valence-electron chi connectivity index (χ3n) is 4.62. The summed E-state index contributed by atoms with van der Waals surface area (Å²) >= 11 is 0. The molecule has 3 aromatic rings. The standard InChI is InChI=1S/C26H29N3O4/c1-19(2)26(31)29-21-10-8-9-20(17-21)28-25(30)18-27-23-13-6-7-14-24(23)33-16-15-32-22-11-4-3-5-12-22/h3-14,17,19,27H,15-16,18H2,1-2H3,(H,28,30)(H,29,31). The molecule has 7 nitrogen and oxygen atoms in total. The second kappa shape index (κ2) is 12.1. The number of carbonyl (C=O) groups is 2. The van der Waals surface area contributed by atoms with E-state index in [-0.39, 0.29) is 24.3 Å². The lowest BCUT2D eigenvalue weighted by Gasteiger charge is -2.14. The largest absolute Gasteiger partial charge is 0.490 e. The molecule has 0 aliphatic rings. The van der Waals surface area contributed by atoms with Crippen LogP contribution < -0.4 is 25.4 Å². The molecule has 3 N–H and O–H groups in total. The Balaban J connectivity index is 1.48. The van der Waals surface area contributed by atoms with Crippen molar-refractivity contribution < 1.29 is 19.1 Å². The second-order valence-electron chi connectivity index (χ2n) is 7.63. The molecule has 0 saturated carbocycles. The average molecular weight is 448 g/mol. The Bertz CT molecular complexity index is 1050. The Labute approximate surface area is 194 Å². The maximum Gasteiger partial charge on any atom is 0.243 e. The number of para-hydroxylation sites is 3. The zero-order valence-electron chi connectivity index (χ0n) is 18.8. The van der Waals surface area contributed by atoms with Gasteiger partial charge in [0.25, 0.3) is 0 Å². The van der Waals surface area contributed by atoms with Gasteiger partial charge in [-0.1, -0.05) is 50.2 Å². The Hall–Kier alpha value is -4.00. The lowest BCUT2D eigenvalue weighted by atomic mass is 10.2.